The second-order valence-electron chi connectivity index (χ2n) is 16.2. The lowest BCUT2D eigenvalue weighted by Crippen LogP contribution is -2.30. The van der Waals surface area contributed by atoms with Gasteiger partial charge in [0.1, 0.15) is 13.2 Å². The molecule has 0 amide bonds. The quantitative estimate of drug-likeness (QED) is 0.0353. The highest BCUT2D eigenvalue weighted by molar-refractivity contribution is 5.71. The maximum atomic E-state index is 12.7. The van der Waals surface area contributed by atoms with E-state index >= 15 is 0 Å². The van der Waals surface area contributed by atoms with Crippen molar-refractivity contribution in [3.05, 3.63) is 0 Å². The van der Waals surface area contributed by atoms with E-state index in [2.05, 4.69) is 27.7 Å². The summed E-state index contributed by atoms with van der Waals surface area (Å²) in [7, 11) is 0. The predicted molar refractivity (Wildman–Crippen MR) is 220 cm³/mol. The van der Waals surface area contributed by atoms with Crippen LogP contribution < -0.4 is 0 Å². The summed E-state index contributed by atoms with van der Waals surface area (Å²) in [5.74, 6) is -0.0394. The van der Waals surface area contributed by atoms with Crippen LogP contribution >= 0.6 is 0 Å². The molecule has 1 atom stereocenters. The van der Waals surface area contributed by atoms with Crippen molar-refractivity contribution < 1.29 is 28.6 Å². The molecular formula is C46H88O6. The summed E-state index contributed by atoms with van der Waals surface area (Å²) in [6.07, 6.45) is 39.4. The van der Waals surface area contributed by atoms with Gasteiger partial charge in [0.2, 0.25) is 0 Å². The van der Waals surface area contributed by atoms with Gasteiger partial charge in [-0.2, -0.15) is 0 Å². The minimum atomic E-state index is -0.758. The first-order chi connectivity index (χ1) is 25.4. The number of ether oxygens (including phenoxy) is 3. The van der Waals surface area contributed by atoms with Gasteiger partial charge in [-0.15, -0.1) is 0 Å². The Morgan fingerprint density at radius 3 is 0.942 bits per heavy atom. The van der Waals surface area contributed by atoms with Crippen LogP contribution in [-0.4, -0.2) is 37.2 Å². The monoisotopic (exact) mass is 737 g/mol. The number of carbonyl (C=O) groups excluding carboxylic acids is 3. The molecule has 0 spiro atoms. The molecule has 52 heavy (non-hydrogen) atoms. The first kappa shape index (κ1) is 50.4. The summed E-state index contributed by atoms with van der Waals surface area (Å²) < 4.78 is 16.7. The molecule has 0 aromatic rings. The lowest BCUT2D eigenvalue weighted by Gasteiger charge is -2.18. The second-order valence-corrected chi connectivity index (χ2v) is 16.2. The third-order valence-electron chi connectivity index (χ3n) is 10.3. The molecule has 6 nitrogen and oxygen atoms in total. The SMILES string of the molecule is CCCCCCCCCCCCCC(=O)OC[C@H](COC(=O)CCCCCCCCCCCC)OC(=O)CCCCCCCCCCCCC(C)C. The fourth-order valence-electron chi connectivity index (χ4n) is 6.80. The van der Waals surface area contributed by atoms with E-state index in [1.54, 1.807) is 0 Å². The van der Waals surface area contributed by atoms with Crippen molar-refractivity contribution in [1.82, 2.24) is 0 Å². The van der Waals surface area contributed by atoms with Crippen molar-refractivity contribution in [2.24, 2.45) is 5.92 Å². The fraction of sp³-hybridized carbons (Fsp3) is 0.935. The predicted octanol–water partition coefficient (Wildman–Crippen LogP) is 14.3. The van der Waals surface area contributed by atoms with E-state index in [4.69, 9.17) is 14.2 Å². The van der Waals surface area contributed by atoms with E-state index in [-0.39, 0.29) is 31.1 Å². The first-order valence-corrected chi connectivity index (χ1v) is 22.9. The smallest absolute Gasteiger partial charge is 0.306 e. The van der Waals surface area contributed by atoms with Crippen LogP contribution in [0.15, 0.2) is 0 Å². The second kappa shape index (κ2) is 40.6. The minimum absolute atomic E-state index is 0.0639. The Bertz CT molecular complexity index is 781. The number of hydrogen-bond acceptors (Lipinski definition) is 6. The van der Waals surface area contributed by atoms with E-state index < -0.39 is 6.10 Å². The van der Waals surface area contributed by atoms with Crippen molar-refractivity contribution >= 4 is 17.9 Å². The maximum Gasteiger partial charge on any atom is 0.306 e. The van der Waals surface area contributed by atoms with Gasteiger partial charge in [0.25, 0.3) is 0 Å². The van der Waals surface area contributed by atoms with Crippen molar-refractivity contribution in [3.8, 4) is 0 Å². The Morgan fingerprint density at radius 2 is 0.635 bits per heavy atom. The molecule has 0 aromatic carbocycles. The van der Waals surface area contributed by atoms with E-state index in [1.165, 1.54) is 148 Å². The average molecular weight is 737 g/mol. The number of carbonyl (C=O) groups is 3. The lowest BCUT2D eigenvalue weighted by molar-refractivity contribution is -0.167. The molecule has 0 rings (SSSR count). The molecule has 0 saturated carbocycles. The van der Waals surface area contributed by atoms with Gasteiger partial charge in [0.15, 0.2) is 6.10 Å². The maximum absolute atomic E-state index is 12.7. The Balaban J connectivity index is 4.33. The van der Waals surface area contributed by atoms with Gasteiger partial charge in [-0.3, -0.25) is 14.4 Å². The van der Waals surface area contributed by atoms with Crippen molar-refractivity contribution in [1.29, 1.82) is 0 Å². The third kappa shape index (κ3) is 39.6. The van der Waals surface area contributed by atoms with Gasteiger partial charge in [0, 0.05) is 19.3 Å². The standard InChI is InChI=1S/C46H88O6/c1-5-7-9-11-13-15-17-22-26-30-34-38-45(48)51-41-43(40-50-44(47)37-33-29-25-21-16-14-12-10-8-6-2)52-46(49)39-35-31-27-23-19-18-20-24-28-32-36-42(3)4/h42-43H,5-41H2,1-4H3/t43-/m0/s1. The molecule has 0 heterocycles. The molecule has 0 unspecified atom stereocenters. The lowest BCUT2D eigenvalue weighted by atomic mass is 10.0. The van der Waals surface area contributed by atoms with Gasteiger partial charge < -0.3 is 14.2 Å². The largest absolute Gasteiger partial charge is 0.462 e. The van der Waals surface area contributed by atoms with Crippen LogP contribution in [0.1, 0.15) is 252 Å². The van der Waals surface area contributed by atoms with Crippen LogP contribution in [0.3, 0.4) is 0 Å². The minimum Gasteiger partial charge on any atom is -0.462 e. The van der Waals surface area contributed by atoms with E-state index in [0.29, 0.717) is 19.3 Å². The molecule has 0 radical (unpaired) electrons. The summed E-state index contributed by atoms with van der Waals surface area (Å²) in [6.45, 7) is 8.97. The van der Waals surface area contributed by atoms with Crippen LogP contribution in [0.25, 0.3) is 0 Å². The molecule has 0 N–H and O–H groups in total. The number of unbranched alkanes of at least 4 members (excludes halogenated alkanes) is 28. The van der Waals surface area contributed by atoms with Gasteiger partial charge in [-0.25, -0.2) is 0 Å². The molecule has 0 saturated heterocycles. The molecule has 308 valence electrons. The Labute approximate surface area is 323 Å². The summed E-state index contributed by atoms with van der Waals surface area (Å²) in [5, 5.41) is 0. The molecule has 0 aliphatic rings. The molecule has 6 heteroatoms. The molecule has 0 aliphatic heterocycles. The Kier molecular flexibility index (Phi) is 39.4. The first-order valence-electron chi connectivity index (χ1n) is 22.9. The van der Waals surface area contributed by atoms with Crippen LogP contribution in [-0.2, 0) is 28.6 Å². The zero-order valence-electron chi connectivity index (χ0n) is 35.3. The molecule has 0 fully saturated rings. The highest BCUT2D eigenvalue weighted by Crippen LogP contribution is 2.16. The number of esters is 3. The zero-order valence-corrected chi connectivity index (χ0v) is 35.3. The summed E-state index contributed by atoms with van der Waals surface area (Å²) >= 11 is 0. The van der Waals surface area contributed by atoms with Gasteiger partial charge in [0.05, 0.1) is 0 Å². The molecular weight excluding hydrogens is 648 g/mol. The van der Waals surface area contributed by atoms with Crippen LogP contribution in [0.2, 0.25) is 0 Å². The highest BCUT2D eigenvalue weighted by atomic mass is 16.6. The summed E-state index contributed by atoms with van der Waals surface area (Å²) in [5.41, 5.74) is 0. The number of rotatable bonds is 41. The molecule has 0 aromatic heterocycles. The summed E-state index contributed by atoms with van der Waals surface area (Å²) in [6, 6.07) is 0. The van der Waals surface area contributed by atoms with Crippen molar-refractivity contribution in [2.75, 3.05) is 13.2 Å². The van der Waals surface area contributed by atoms with Gasteiger partial charge >= 0.3 is 17.9 Å². The zero-order chi connectivity index (χ0) is 38.2. The molecule has 0 aliphatic carbocycles. The number of hydrogen-bond donors (Lipinski definition) is 0. The summed E-state index contributed by atoms with van der Waals surface area (Å²) in [4.78, 5) is 37.7. The van der Waals surface area contributed by atoms with Crippen LogP contribution in [0.4, 0.5) is 0 Å². The van der Waals surface area contributed by atoms with Crippen LogP contribution in [0, 0.1) is 5.92 Å². The molecule has 0 bridgehead atoms. The Morgan fingerprint density at radius 1 is 0.365 bits per heavy atom. The normalized spacial score (nSPS) is 11.9. The van der Waals surface area contributed by atoms with E-state index in [1.807, 2.05) is 0 Å². The van der Waals surface area contributed by atoms with E-state index in [0.717, 1.165) is 63.7 Å². The Hall–Kier alpha value is -1.59. The highest BCUT2D eigenvalue weighted by Gasteiger charge is 2.19. The van der Waals surface area contributed by atoms with E-state index in [9.17, 15) is 14.4 Å². The van der Waals surface area contributed by atoms with Gasteiger partial charge in [-0.05, 0) is 25.2 Å². The third-order valence-corrected chi connectivity index (χ3v) is 10.3. The topological polar surface area (TPSA) is 78.9 Å². The fourth-order valence-corrected chi connectivity index (χ4v) is 6.80. The van der Waals surface area contributed by atoms with Gasteiger partial charge in [-0.1, -0.05) is 214 Å². The average Bonchev–Trinajstić information content (AvgIpc) is 3.12. The van der Waals surface area contributed by atoms with Crippen LogP contribution in [0.5, 0.6) is 0 Å². The van der Waals surface area contributed by atoms with Crippen molar-refractivity contribution in [3.63, 3.8) is 0 Å². The van der Waals surface area contributed by atoms with Crippen molar-refractivity contribution in [2.45, 2.75) is 259 Å².